The van der Waals surface area contributed by atoms with Crippen LogP contribution in [0.1, 0.15) is 38.1 Å². The van der Waals surface area contributed by atoms with E-state index in [1.807, 2.05) is 0 Å². The molecule has 0 bridgehead atoms. The van der Waals surface area contributed by atoms with Gasteiger partial charge in [-0.05, 0) is 33.8 Å². The Labute approximate surface area is 117 Å². The first-order valence-electron chi connectivity index (χ1n) is 5.84. The molecule has 0 aliphatic heterocycles. The zero-order valence-electron chi connectivity index (χ0n) is 11.4. The molecule has 0 spiro atoms. The number of halogens is 1. The minimum absolute atomic E-state index is 0.222. The van der Waals surface area contributed by atoms with Crippen LogP contribution < -0.4 is 5.32 Å². The lowest BCUT2D eigenvalue weighted by molar-refractivity contribution is -0.156. The highest BCUT2D eigenvalue weighted by atomic mass is 35.5. The van der Waals surface area contributed by atoms with Gasteiger partial charge in [0.1, 0.15) is 11.6 Å². The summed E-state index contributed by atoms with van der Waals surface area (Å²) in [6.07, 6.45) is 2.83. The van der Waals surface area contributed by atoms with Gasteiger partial charge in [0.25, 0.3) is 5.91 Å². The topological polar surface area (TPSA) is 68.3 Å². The Morgan fingerprint density at radius 2 is 2.05 bits per heavy atom. The number of hydrogen-bond acceptors (Lipinski definition) is 4. The number of rotatable bonds is 3. The molecule has 0 saturated carbocycles. The Morgan fingerprint density at radius 3 is 2.58 bits per heavy atom. The molecule has 1 heterocycles. The van der Waals surface area contributed by atoms with Gasteiger partial charge in [0.2, 0.25) is 0 Å². The lowest BCUT2D eigenvalue weighted by Crippen LogP contribution is -2.42. The first-order valence-corrected chi connectivity index (χ1v) is 6.22. The maximum absolute atomic E-state index is 11.9. The van der Waals surface area contributed by atoms with Crippen molar-refractivity contribution in [1.82, 2.24) is 10.3 Å². The fourth-order valence-corrected chi connectivity index (χ4v) is 1.46. The maximum atomic E-state index is 11.9. The molecule has 0 aliphatic rings. The van der Waals surface area contributed by atoms with E-state index in [9.17, 15) is 9.59 Å². The largest absolute Gasteiger partial charge is 0.458 e. The van der Waals surface area contributed by atoms with Crippen molar-refractivity contribution in [3.8, 4) is 0 Å². The van der Waals surface area contributed by atoms with Gasteiger partial charge in [0.15, 0.2) is 0 Å². The van der Waals surface area contributed by atoms with E-state index in [0.717, 1.165) is 0 Å². The summed E-state index contributed by atoms with van der Waals surface area (Å²) < 4.78 is 5.16. The molecule has 1 N–H and O–H groups in total. The standard InChI is InChI=1S/C13H17ClN2O3/c1-8(12(18)19-13(2,3)4)16-11(17)9-7-15-6-5-10(9)14/h5-8H,1-4H3,(H,16,17)/t8-/m1/s1. The molecule has 1 aromatic heterocycles. The van der Waals surface area contributed by atoms with Crippen LogP contribution in [0.5, 0.6) is 0 Å². The number of esters is 1. The molecule has 0 aromatic carbocycles. The molecular formula is C13H17ClN2O3. The van der Waals surface area contributed by atoms with Gasteiger partial charge >= 0.3 is 5.97 Å². The van der Waals surface area contributed by atoms with Crippen molar-refractivity contribution in [2.45, 2.75) is 39.3 Å². The number of amides is 1. The van der Waals surface area contributed by atoms with Crippen molar-refractivity contribution in [2.75, 3.05) is 0 Å². The molecule has 1 aromatic rings. The quantitative estimate of drug-likeness (QED) is 0.864. The molecule has 1 amide bonds. The lowest BCUT2D eigenvalue weighted by Gasteiger charge is -2.22. The summed E-state index contributed by atoms with van der Waals surface area (Å²) in [4.78, 5) is 27.4. The Balaban J connectivity index is 2.67. The van der Waals surface area contributed by atoms with Crippen molar-refractivity contribution in [2.24, 2.45) is 0 Å². The first-order chi connectivity index (χ1) is 8.70. The molecule has 0 saturated heterocycles. The number of hydrogen-bond donors (Lipinski definition) is 1. The molecule has 1 rings (SSSR count). The van der Waals surface area contributed by atoms with Crippen molar-refractivity contribution in [3.63, 3.8) is 0 Å². The summed E-state index contributed by atoms with van der Waals surface area (Å²) >= 11 is 5.87. The number of nitrogens with zero attached hydrogens (tertiary/aromatic N) is 1. The second-order valence-electron chi connectivity index (χ2n) is 5.08. The van der Waals surface area contributed by atoms with Crippen LogP contribution in [0.4, 0.5) is 0 Å². The maximum Gasteiger partial charge on any atom is 0.328 e. The SMILES string of the molecule is C[C@@H](NC(=O)c1cnccc1Cl)C(=O)OC(C)(C)C. The van der Waals surface area contributed by atoms with Crippen LogP contribution in [-0.2, 0) is 9.53 Å². The van der Waals surface area contributed by atoms with E-state index in [0.29, 0.717) is 0 Å². The number of ether oxygens (including phenoxy) is 1. The molecular weight excluding hydrogens is 268 g/mol. The van der Waals surface area contributed by atoms with Crippen LogP contribution in [0.3, 0.4) is 0 Å². The van der Waals surface area contributed by atoms with E-state index in [4.69, 9.17) is 16.3 Å². The Kier molecular flexibility index (Phi) is 4.89. The van der Waals surface area contributed by atoms with Gasteiger partial charge in [-0.3, -0.25) is 9.78 Å². The van der Waals surface area contributed by atoms with Gasteiger partial charge < -0.3 is 10.1 Å². The minimum atomic E-state index is -0.761. The molecule has 19 heavy (non-hydrogen) atoms. The van der Waals surface area contributed by atoms with Gasteiger partial charge in [-0.2, -0.15) is 0 Å². The molecule has 0 aliphatic carbocycles. The smallest absolute Gasteiger partial charge is 0.328 e. The lowest BCUT2D eigenvalue weighted by atomic mass is 10.2. The zero-order valence-corrected chi connectivity index (χ0v) is 12.1. The molecule has 5 nitrogen and oxygen atoms in total. The first kappa shape index (κ1) is 15.4. The number of nitrogens with one attached hydrogen (secondary N) is 1. The minimum Gasteiger partial charge on any atom is -0.458 e. The monoisotopic (exact) mass is 284 g/mol. The van der Waals surface area contributed by atoms with E-state index in [2.05, 4.69) is 10.3 Å². The van der Waals surface area contributed by atoms with E-state index in [1.165, 1.54) is 18.5 Å². The fraction of sp³-hybridized carbons (Fsp3) is 0.462. The summed E-state index contributed by atoms with van der Waals surface area (Å²) in [6.45, 7) is 6.84. The molecule has 0 radical (unpaired) electrons. The third-order valence-corrected chi connectivity index (χ3v) is 2.45. The van der Waals surface area contributed by atoms with Gasteiger partial charge in [-0.25, -0.2) is 4.79 Å². The van der Waals surface area contributed by atoms with E-state index < -0.39 is 23.5 Å². The fourth-order valence-electron chi connectivity index (χ4n) is 1.27. The van der Waals surface area contributed by atoms with Crippen LogP contribution in [0.25, 0.3) is 0 Å². The Bertz CT molecular complexity index is 483. The number of carbonyl (C=O) groups excluding carboxylic acids is 2. The summed E-state index contributed by atoms with van der Waals surface area (Å²) in [7, 11) is 0. The average Bonchev–Trinajstić information content (AvgIpc) is 2.27. The third kappa shape index (κ3) is 4.87. The Morgan fingerprint density at radius 1 is 1.42 bits per heavy atom. The molecule has 1 atom stereocenters. The van der Waals surface area contributed by atoms with Gasteiger partial charge in [-0.1, -0.05) is 11.6 Å². The van der Waals surface area contributed by atoms with Crippen molar-refractivity contribution in [3.05, 3.63) is 29.0 Å². The zero-order chi connectivity index (χ0) is 14.6. The van der Waals surface area contributed by atoms with Crippen LogP contribution in [-0.4, -0.2) is 28.5 Å². The summed E-state index contributed by atoms with van der Waals surface area (Å²) in [5.74, 6) is -0.961. The normalized spacial score (nSPS) is 12.7. The molecule has 0 unspecified atom stereocenters. The highest BCUT2D eigenvalue weighted by Gasteiger charge is 2.23. The highest BCUT2D eigenvalue weighted by Crippen LogP contribution is 2.14. The average molecular weight is 285 g/mol. The summed E-state index contributed by atoms with van der Waals surface area (Å²) in [5.41, 5.74) is -0.373. The number of aromatic nitrogens is 1. The van der Waals surface area contributed by atoms with E-state index >= 15 is 0 Å². The van der Waals surface area contributed by atoms with Crippen LogP contribution in [0, 0.1) is 0 Å². The number of carbonyl (C=O) groups is 2. The molecule has 104 valence electrons. The predicted molar refractivity (Wildman–Crippen MR) is 72.0 cm³/mol. The van der Waals surface area contributed by atoms with Crippen molar-refractivity contribution >= 4 is 23.5 Å². The summed E-state index contributed by atoms with van der Waals surface area (Å²) in [6, 6.07) is 0.747. The van der Waals surface area contributed by atoms with Gasteiger partial charge in [0, 0.05) is 12.4 Å². The summed E-state index contributed by atoms with van der Waals surface area (Å²) in [5, 5.41) is 2.80. The second-order valence-corrected chi connectivity index (χ2v) is 5.49. The van der Waals surface area contributed by atoms with Crippen LogP contribution >= 0.6 is 11.6 Å². The second kappa shape index (κ2) is 6.02. The van der Waals surface area contributed by atoms with Crippen LogP contribution in [0.15, 0.2) is 18.5 Å². The van der Waals surface area contributed by atoms with Gasteiger partial charge in [0.05, 0.1) is 10.6 Å². The van der Waals surface area contributed by atoms with Gasteiger partial charge in [-0.15, -0.1) is 0 Å². The van der Waals surface area contributed by atoms with E-state index in [-0.39, 0.29) is 10.6 Å². The number of pyridine rings is 1. The molecule has 0 fully saturated rings. The third-order valence-electron chi connectivity index (χ3n) is 2.12. The molecule has 6 heteroatoms. The highest BCUT2D eigenvalue weighted by molar-refractivity contribution is 6.33. The predicted octanol–water partition coefficient (Wildman–Crippen LogP) is 2.20. The van der Waals surface area contributed by atoms with Crippen LogP contribution in [0.2, 0.25) is 5.02 Å². The van der Waals surface area contributed by atoms with Crippen molar-refractivity contribution < 1.29 is 14.3 Å². The Hall–Kier alpha value is -1.62. The van der Waals surface area contributed by atoms with Crippen molar-refractivity contribution in [1.29, 1.82) is 0 Å². The van der Waals surface area contributed by atoms with E-state index in [1.54, 1.807) is 27.7 Å².